The predicted octanol–water partition coefficient (Wildman–Crippen LogP) is 4.12. The predicted molar refractivity (Wildman–Crippen MR) is 68.2 cm³/mol. The summed E-state index contributed by atoms with van der Waals surface area (Å²) in [5.74, 6) is -0.223. The standard InChI is InChI=1S/C15H14F2O2/c1-9-3-4-12(17)8-15(9)19-14-6-5-11(16)7-13(14)10(2)18/h3-8,10,18H,1-2H3/t10-/m1/s1. The lowest BCUT2D eigenvalue weighted by molar-refractivity contribution is 0.195. The van der Waals surface area contributed by atoms with Gasteiger partial charge in [0.1, 0.15) is 23.1 Å². The summed E-state index contributed by atoms with van der Waals surface area (Å²) in [5.41, 5.74) is 1.07. The Kier molecular flexibility index (Phi) is 3.81. The lowest BCUT2D eigenvalue weighted by atomic mass is 10.1. The van der Waals surface area contributed by atoms with Crippen LogP contribution in [0.3, 0.4) is 0 Å². The Morgan fingerprint density at radius 3 is 2.32 bits per heavy atom. The highest BCUT2D eigenvalue weighted by Gasteiger charge is 2.12. The largest absolute Gasteiger partial charge is 0.457 e. The van der Waals surface area contributed by atoms with E-state index in [1.165, 1.54) is 37.3 Å². The van der Waals surface area contributed by atoms with Crippen molar-refractivity contribution in [1.82, 2.24) is 0 Å². The SMILES string of the molecule is Cc1ccc(F)cc1Oc1ccc(F)cc1[C@@H](C)O. The molecule has 100 valence electrons. The molecule has 0 saturated heterocycles. The third kappa shape index (κ3) is 3.09. The van der Waals surface area contributed by atoms with Gasteiger partial charge in [-0.3, -0.25) is 0 Å². The van der Waals surface area contributed by atoms with Crippen LogP contribution >= 0.6 is 0 Å². The maximum Gasteiger partial charge on any atom is 0.133 e. The molecule has 0 bridgehead atoms. The van der Waals surface area contributed by atoms with E-state index in [1.807, 2.05) is 0 Å². The molecule has 2 aromatic rings. The second kappa shape index (κ2) is 5.36. The first-order chi connectivity index (χ1) is 8.97. The quantitative estimate of drug-likeness (QED) is 0.903. The number of ether oxygens (including phenoxy) is 1. The van der Waals surface area contributed by atoms with Gasteiger partial charge in [0.05, 0.1) is 6.10 Å². The van der Waals surface area contributed by atoms with Gasteiger partial charge in [-0.1, -0.05) is 6.07 Å². The first-order valence-electron chi connectivity index (χ1n) is 5.89. The molecule has 1 N–H and O–H groups in total. The van der Waals surface area contributed by atoms with Crippen molar-refractivity contribution in [2.45, 2.75) is 20.0 Å². The second-order valence-corrected chi connectivity index (χ2v) is 4.37. The van der Waals surface area contributed by atoms with Crippen molar-refractivity contribution >= 4 is 0 Å². The molecule has 0 aliphatic heterocycles. The average molecular weight is 264 g/mol. The summed E-state index contributed by atoms with van der Waals surface area (Å²) >= 11 is 0. The van der Waals surface area contributed by atoms with Gasteiger partial charge in [-0.15, -0.1) is 0 Å². The monoisotopic (exact) mass is 264 g/mol. The molecule has 0 fully saturated rings. The summed E-state index contributed by atoms with van der Waals surface area (Å²) in [6.07, 6.45) is -0.875. The van der Waals surface area contributed by atoms with Gasteiger partial charge in [0.2, 0.25) is 0 Å². The minimum atomic E-state index is -0.875. The first kappa shape index (κ1) is 13.5. The van der Waals surface area contributed by atoms with Gasteiger partial charge in [-0.2, -0.15) is 0 Å². The topological polar surface area (TPSA) is 29.5 Å². The van der Waals surface area contributed by atoms with E-state index >= 15 is 0 Å². The number of aliphatic hydroxyl groups excluding tert-OH is 1. The highest BCUT2D eigenvalue weighted by atomic mass is 19.1. The van der Waals surface area contributed by atoms with Crippen LogP contribution in [0.1, 0.15) is 24.2 Å². The smallest absolute Gasteiger partial charge is 0.133 e. The summed E-state index contributed by atoms with van der Waals surface area (Å²) in [5, 5.41) is 9.61. The van der Waals surface area contributed by atoms with Crippen LogP contribution in [0.25, 0.3) is 0 Å². The van der Waals surface area contributed by atoms with Crippen molar-refractivity contribution in [1.29, 1.82) is 0 Å². The van der Waals surface area contributed by atoms with Gasteiger partial charge in [0.25, 0.3) is 0 Å². The van der Waals surface area contributed by atoms with Crippen LogP contribution in [-0.2, 0) is 0 Å². The summed E-state index contributed by atoms with van der Waals surface area (Å²) in [6, 6.07) is 8.04. The fourth-order valence-electron chi connectivity index (χ4n) is 1.74. The molecule has 0 unspecified atom stereocenters. The molecular formula is C15H14F2O2. The maximum absolute atomic E-state index is 13.2. The van der Waals surface area contributed by atoms with Crippen LogP contribution in [0.15, 0.2) is 36.4 Å². The van der Waals surface area contributed by atoms with Crippen molar-refractivity contribution in [3.05, 3.63) is 59.2 Å². The average Bonchev–Trinajstić information content (AvgIpc) is 2.35. The molecule has 0 aliphatic carbocycles. The van der Waals surface area contributed by atoms with Crippen molar-refractivity contribution in [3.8, 4) is 11.5 Å². The molecule has 0 saturated carbocycles. The van der Waals surface area contributed by atoms with E-state index in [1.54, 1.807) is 13.0 Å². The zero-order chi connectivity index (χ0) is 14.0. The molecule has 0 heterocycles. The first-order valence-corrected chi connectivity index (χ1v) is 5.89. The van der Waals surface area contributed by atoms with Crippen LogP contribution in [0, 0.1) is 18.6 Å². The summed E-state index contributed by atoms with van der Waals surface area (Å²) in [6.45, 7) is 3.29. The summed E-state index contributed by atoms with van der Waals surface area (Å²) in [7, 11) is 0. The number of halogens is 2. The van der Waals surface area contributed by atoms with E-state index < -0.39 is 17.7 Å². The fraction of sp³-hybridized carbons (Fsp3) is 0.200. The van der Waals surface area contributed by atoms with Crippen molar-refractivity contribution in [3.63, 3.8) is 0 Å². The van der Waals surface area contributed by atoms with Gasteiger partial charge < -0.3 is 9.84 Å². The van der Waals surface area contributed by atoms with Gasteiger partial charge >= 0.3 is 0 Å². The summed E-state index contributed by atoms with van der Waals surface area (Å²) in [4.78, 5) is 0. The third-order valence-corrected chi connectivity index (χ3v) is 2.79. The Bertz CT molecular complexity index is 595. The maximum atomic E-state index is 13.2. The molecule has 4 heteroatoms. The number of hydrogen-bond acceptors (Lipinski definition) is 2. The van der Waals surface area contributed by atoms with Gasteiger partial charge in [-0.25, -0.2) is 8.78 Å². The van der Waals surface area contributed by atoms with Crippen LogP contribution in [-0.4, -0.2) is 5.11 Å². The Morgan fingerprint density at radius 1 is 1.00 bits per heavy atom. The van der Waals surface area contributed by atoms with E-state index in [9.17, 15) is 13.9 Å². The van der Waals surface area contributed by atoms with Crippen molar-refractivity contribution in [2.75, 3.05) is 0 Å². The highest BCUT2D eigenvalue weighted by Crippen LogP contribution is 2.32. The van der Waals surface area contributed by atoms with Crippen molar-refractivity contribution < 1.29 is 18.6 Å². The number of rotatable bonds is 3. The molecule has 0 amide bonds. The second-order valence-electron chi connectivity index (χ2n) is 4.37. The molecule has 0 aromatic heterocycles. The van der Waals surface area contributed by atoms with Crippen LogP contribution in [0.2, 0.25) is 0 Å². The number of hydrogen-bond donors (Lipinski definition) is 1. The zero-order valence-electron chi connectivity index (χ0n) is 10.7. The molecule has 0 aliphatic rings. The molecule has 2 aromatic carbocycles. The molecule has 2 rings (SSSR count). The van der Waals surface area contributed by atoms with Crippen LogP contribution in [0.4, 0.5) is 8.78 Å². The van der Waals surface area contributed by atoms with E-state index in [0.29, 0.717) is 17.1 Å². The minimum Gasteiger partial charge on any atom is -0.457 e. The Labute approximate surface area is 110 Å². The number of aryl methyl sites for hydroxylation is 1. The van der Waals surface area contributed by atoms with E-state index in [4.69, 9.17) is 4.74 Å². The minimum absolute atomic E-state index is 0.310. The lowest BCUT2D eigenvalue weighted by Crippen LogP contribution is -1.98. The van der Waals surface area contributed by atoms with Gasteiger partial charge in [0.15, 0.2) is 0 Å². The Hall–Kier alpha value is -1.94. The zero-order valence-corrected chi connectivity index (χ0v) is 10.7. The number of aliphatic hydroxyl groups is 1. The molecule has 1 atom stereocenters. The molecule has 0 spiro atoms. The summed E-state index contributed by atoms with van der Waals surface area (Å²) < 4.78 is 31.9. The van der Waals surface area contributed by atoms with Gasteiger partial charge in [-0.05, 0) is 43.7 Å². The van der Waals surface area contributed by atoms with Gasteiger partial charge in [0, 0.05) is 11.6 Å². The fourth-order valence-corrected chi connectivity index (χ4v) is 1.74. The molecular weight excluding hydrogens is 250 g/mol. The van der Waals surface area contributed by atoms with E-state index in [0.717, 1.165) is 5.56 Å². The molecule has 2 nitrogen and oxygen atoms in total. The normalized spacial score (nSPS) is 12.3. The highest BCUT2D eigenvalue weighted by molar-refractivity contribution is 5.42. The molecule has 0 radical (unpaired) electrons. The lowest BCUT2D eigenvalue weighted by Gasteiger charge is -2.14. The van der Waals surface area contributed by atoms with Crippen LogP contribution in [0.5, 0.6) is 11.5 Å². The van der Waals surface area contributed by atoms with E-state index in [2.05, 4.69) is 0 Å². The molecule has 19 heavy (non-hydrogen) atoms. The van der Waals surface area contributed by atoms with Crippen molar-refractivity contribution in [2.24, 2.45) is 0 Å². The number of benzene rings is 2. The third-order valence-electron chi connectivity index (χ3n) is 2.79. The Balaban J connectivity index is 2.40. The Morgan fingerprint density at radius 2 is 1.63 bits per heavy atom. The van der Waals surface area contributed by atoms with Crippen LogP contribution < -0.4 is 4.74 Å². The van der Waals surface area contributed by atoms with E-state index in [-0.39, 0.29) is 0 Å².